The maximum atomic E-state index is 12.4. The number of rotatable bonds is 4. The van der Waals surface area contributed by atoms with Crippen LogP contribution >= 0.6 is 0 Å². The van der Waals surface area contributed by atoms with Gasteiger partial charge < -0.3 is 15.6 Å². The summed E-state index contributed by atoms with van der Waals surface area (Å²) in [4.78, 5) is 0. The maximum absolute atomic E-state index is 12.4. The Morgan fingerprint density at radius 1 is 1.25 bits per heavy atom. The first-order chi connectivity index (χ1) is 7.43. The molecule has 0 radical (unpaired) electrons. The lowest BCUT2D eigenvalue weighted by Gasteiger charge is -2.20. The number of hydrogen-bond acceptors (Lipinski definition) is 3. The largest absolute Gasteiger partial charge is 0.481 e. The Kier molecular flexibility index (Phi) is 4.00. The van der Waals surface area contributed by atoms with Crippen molar-refractivity contribution in [2.24, 2.45) is 0 Å². The van der Waals surface area contributed by atoms with E-state index < -0.39 is 25.3 Å². The minimum Gasteiger partial charge on any atom is -0.481 e. The van der Waals surface area contributed by atoms with Gasteiger partial charge in [0.15, 0.2) is 6.10 Å². The molecular weight excluding hydrogens is 223 g/mol. The van der Waals surface area contributed by atoms with Crippen LogP contribution in [-0.2, 0) is 0 Å². The fourth-order valence-corrected chi connectivity index (χ4v) is 1.12. The van der Waals surface area contributed by atoms with Gasteiger partial charge in [-0.15, -0.1) is 0 Å². The number of aliphatic hydroxyl groups is 1. The zero-order valence-corrected chi connectivity index (χ0v) is 8.37. The first-order valence-corrected chi connectivity index (χ1v) is 4.63. The molecule has 0 fully saturated rings. The van der Waals surface area contributed by atoms with E-state index >= 15 is 0 Å². The van der Waals surface area contributed by atoms with E-state index in [2.05, 4.69) is 0 Å². The second-order valence-corrected chi connectivity index (χ2v) is 3.23. The summed E-state index contributed by atoms with van der Waals surface area (Å²) in [6, 6.07) is 5.60. The van der Waals surface area contributed by atoms with Crippen molar-refractivity contribution in [2.75, 3.05) is 12.3 Å². The van der Waals surface area contributed by atoms with Crippen molar-refractivity contribution in [1.29, 1.82) is 0 Å². The zero-order valence-electron chi connectivity index (χ0n) is 8.37. The van der Waals surface area contributed by atoms with Crippen molar-refractivity contribution in [3.8, 4) is 5.75 Å². The number of ether oxygens (including phenoxy) is 1. The monoisotopic (exact) mass is 235 g/mol. The van der Waals surface area contributed by atoms with Crippen LogP contribution in [0, 0.1) is 0 Å². The summed E-state index contributed by atoms with van der Waals surface area (Å²) in [6.07, 6.45) is -6.99. The molecule has 3 N–H and O–H groups in total. The molecule has 1 aromatic rings. The molecule has 0 bridgehead atoms. The number of hydrogen-bond donors (Lipinski definition) is 2. The number of benzene rings is 1. The summed E-state index contributed by atoms with van der Waals surface area (Å²) in [5.41, 5.74) is 5.83. The second-order valence-electron chi connectivity index (χ2n) is 3.23. The normalized spacial score (nSPS) is 13.5. The highest BCUT2D eigenvalue weighted by Crippen LogP contribution is 2.27. The van der Waals surface area contributed by atoms with Crippen LogP contribution < -0.4 is 10.5 Å². The van der Waals surface area contributed by atoms with E-state index in [4.69, 9.17) is 15.6 Å². The van der Waals surface area contributed by atoms with Crippen molar-refractivity contribution in [3.63, 3.8) is 0 Å². The van der Waals surface area contributed by atoms with Crippen LogP contribution in [0.4, 0.5) is 18.9 Å². The van der Waals surface area contributed by atoms with E-state index in [0.29, 0.717) is 5.69 Å². The summed E-state index contributed by atoms with van der Waals surface area (Å²) in [5, 5.41) is 8.52. The van der Waals surface area contributed by atoms with Crippen LogP contribution in [0.1, 0.15) is 6.42 Å². The molecular formula is C10H12F3NO2. The molecule has 0 heterocycles. The molecule has 3 nitrogen and oxygen atoms in total. The van der Waals surface area contributed by atoms with Crippen molar-refractivity contribution in [3.05, 3.63) is 24.3 Å². The standard InChI is InChI=1S/C10H12F3NO2/c11-10(12,13)9(5-6-15)16-8-3-1-7(14)2-4-8/h1-4,9,15H,5-6,14H2/t9-/m1/s1. The second kappa shape index (κ2) is 5.07. The van der Waals surface area contributed by atoms with Gasteiger partial charge in [0.05, 0.1) is 0 Å². The number of alkyl halides is 3. The maximum Gasteiger partial charge on any atom is 0.425 e. The Labute approximate surface area is 90.6 Å². The molecule has 6 heteroatoms. The van der Waals surface area contributed by atoms with E-state index in [1.807, 2.05) is 0 Å². The van der Waals surface area contributed by atoms with E-state index in [9.17, 15) is 13.2 Å². The summed E-state index contributed by atoms with van der Waals surface area (Å²) < 4.78 is 42.0. The highest BCUT2D eigenvalue weighted by atomic mass is 19.4. The number of nitrogen functional groups attached to an aromatic ring is 1. The van der Waals surface area contributed by atoms with Gasteiger partial charge in [-0.25, -0.2) is 0 Å². The molecule has 0 aromatic heterocycles. The smallest absolute Gasteiger partial charge is 0.425 e. The molecule has 1 rings (SSSR count). The fourth-order valence-electron chi connectivity index (χ4n) is 1.12. The third-order valence-corrected chi connectivity index (χ3v) is 1.91. The van der Waals surface area contributed by atoms with E-state index in [1.165, 1.54) is 24.3 Å². The van der Waals surface area contributed by atoms with E-state index in [0.717, 1.165) is 0 Å². The quantitative estimate of drug-likeness (QED) is 0.784. The lowest BCUT2D eigenvalue weighted by atomic mass is 10.2. The fraction of sp³-hybridized carbons (Fsp3) is 0.400. The van der Waals surface area contributed by atoms with Crippen molar-refractivity contribution < 1.29 is 23.0 Å². The van der Waals surface area contributed by atoms with Crippen molar-refractivity contribution in [1.82, 2.24) is 0 Å². The van der Waals surface area contributed by atoms with Gasteiger partial charge in [0.2, 0.25) is 0 Å². The Morgan fingerprint density at radius 2 is 1.81 bits per heavy atom. The van der Waals surface area contributed by atoms with Crippen molar-refractivity contribution in [2.45, 2.75) is 18.7 Å². The molecule has 1 aromatic carbocycles. The van der Waals surface area contributed by atoms with Gasteiger partial charge in [0.1, 0.15) is 5.75 Å². The van der Waals surface area contributed by atoms with Crippen LogP contribution in [0.15, 0.2) is 24.3 Å². The summed E-state index contributed by atoms with van der Waals surface area (Å²) in [7, 11) is 0. The topological polar surface area (TPSA) is 55.5 Å². The van der Waals surface area contributed by atoms with Gasteiger partial charge in [-0.1, -0.05) is 0 Å². The van der Waals surface area contributed by atoms with Gasteiger partial charge in [-0.05, 0) is 24.3 Å². The van der Waals surface area contributed by atoms with E-state index in [-0.39, 0.29) is 5.75 Å². The third kappa shape index (κ3) is 3.62. The number of halogens is 3. The average molecular weight is 235 g/mol. The van der Waals surface area contributed by atoms with Gasteiger partial charge >= 0.3 is 6.18 Å². The van der Waals surface area contributed by atoms with Crippen LogP contribution in [0.2, 0.25) is 0 Å². The molecule has 0 spiro atoms. The van der Waals surface area contributed by atoms with E-state index in [1.54, 1.807) is 0 Å². The predicted octanol–water partition coefficient (Wildman–Crippen LogP) is 1.96. The minimum atomic E-state index is -4.50. The third-order valence-electron chi connectivity index (χ3n) is 1.91. The van der Waals surface area contributed by atoms with Crippen LogP contribution in [0.3, 0.4) is 0 Å². The van der Waals surface area contributed by atoms with Gasteiger partial charge in [-0.3, -0.25) is 0 Å². The molecule has 0 saturated carbocycles. The molecule has 0 amide bonds. The van der Waals surface area contributed by atoms with Gasteiger partial charge in [0.25, 0.3) is 0 Å². The summed E-state index contributed by atoms with van der Waals surface area (Å²) >= 11 is 0. The minimum absolute atomic E-state index is 0.0741. The van der Waals surface area contributed by atoms with Crippen LogP contribution in [0.5, 0.6) is 5.75 Å². The Balaban J connectivity index is 2.72. The lowest BCUT2D eigenvalue weighted by molar-refractivity contribution is -0.198. The van der Waals surface area contributed by atoms with Crippen LogP contribution in [-0.4, -0.2) is 24.0 Å². The summed E-state index contributed by atoms with van der Waals surface area (Å²) in [5.74, 6) is 0.0741. The molecule has 90 valence electrons. The molecule has 16 heavy (non-hydrogen) atoms. The zero-order chi connectivity index (χ0) is 12.2. The van der Waals surface area contributed by atoms with Gasteiger partial charge in [0, 0.05) is 18.7 Å². The average Bonchev–Trinajstić information content (AvgIpc) is 2.19. The SMILES string of the molecule is Nc1ccc(O[C@H](CCO)C(F)(F)F)cc1. The Morgan fingerprint density at radius 3 is 2.25 bits per heavy atom. The molecule has 0 unspecified atom stereocenters. The highest BCUT2D eigenvalue weighted by Gasteiger charge is 2.41. The molecule has 0 aliphatic heterocycles. The highest BCUT2D eigenvalue weighted by molar-refractivity contribution is 5.41. The Bertz CT molecular complexity index is 324. The number of anilines is 1. The molecule has 0 aliphatic carbocycles. The molecule has 1 atom stereocenters. The number of nitrogens with two attached hydrogens (primary N) is 1. The first-order valence-electron chi connectivity index (χ1n) is 4.63. The Hall–Kier alpha value is -1.43. The molecule has 0 saturated heterocycles. The predicted molar refractivity (Wildman–Crippen MR) is 53.0 cm³/mol. The first kappa shape index (κ1) is 12.6. The van der Waals surface area contributed by atoms with Gasteiger partial charge in [-0.2, -0.15) is 13.2 Å². The van der Waals surface area contributed by atoms with Crippen molar-refractivity contribution >= 4 is 5.69 Å². The summed E-state index contributed by atoms with van der Waals surface area (Å²) in [6.45, 7) is -0.584. The number of aliphatic hydroxyl groups excluding tert-OH is 1. The molecule has 0 aliphatic rings. The lowest BCUT2D eigenvalue weighted by Crippen LogP contribution is -2.35. The van der Waals surface area contributed by atoms with Crippen LogP contribution in [0.25, 0.3) is 0 Å².